The topological polar surface area (TPSA) is 12.9 Å². The molecular weight excluding hydrogens is 218 g/mol. The summed E-state index contributed by atoms with van der Waals surface area (Å²) in [5, 5.41) is 2.53. The minimum atomic E-state index is 0.113. The second kappa shape index (κ2) is 3.81. The third kappa shape index (κ3) is 1.67. The van der Waals surface area contributed by atoms with Crippen LogP contribution in [0.5, 0.6) is 0 Å². The Kier molecular flexibility index (Phi) is 2.37. The first-order valence-corrected chi connectivity index (χ1v) is 6.35. The van der Waals surface area contributed by atoms with Gasteiger partial charge in [-0.1, -0.05) is 57.2 Å². The summed E-state index contributed by atoms with van der Waals surface area (Å²) in [7, 11) is 0. The molecular formula is C17H17N. The van der Waals surface area contributed by atoms with Crippen molar-refractivity contribution in [2.75, 3.05) is 0 Å². The van der Waals surface area contributed by atoms with E-state index in [-0.39, 0.29) is 5.41 Å². The third-order valence-electron chi connectivity index (χ3n) is 3.34. The summed E-state index contributed by atoms with van der Waals surface area (Å²) >= 11 is 0. The van der Waals surface area contributed by atoms with Crippen LogP contribution in [0.3, 0.4) is 0 Å². The molecule has 0 aliphatic heterocycles. The first-order valence-electron chi connectivity index (χ1n) is 6.35. The van der Waals surface area contributed by atoms with Gasteiger partial charge in [-0.25, -0.2) is 4.98 Å². The average molecular weight is 235 g/mol. The van der Waals surface area contributed by atoms with Gasteiger partial charge in [0.25, 0.3) is 0 Å². The van der Waals surface area contributed by atoms with Crippen LogP contribution >= 0.6 is 0 Å². The Bertz CT molecular complexity index is 666. The van der Waals surface area contributed by atoms with Crippen LogP contribution in [0.15, 0.2) is 48.5 Å². The predicted octanol–water partition coefficient (Wildman–Crippen LogP) is 4.69. The van der Waals surface area contributed by atoms with E-state index in [9.17, 15) is 0 Å². The van der Waals surface area contributed by atoms with E-state index in [2.05, 4.69) is 69.3 Å². The highest BCUT2D eigenvalue weighted by Gasteiger charge is 2.20. The maximum Gasteiger partial charge on any atom is 0.0712 e. The van der Waals surface area contributed by atoms with Crippen molar-refractivity contribution in [2.24, 2.45) is 0 Å². The van der Waals surface area contributed by atoms with Crippen LogP contribution in [-0.4, -0.2) is 4.98 Å². The summed E-state index contributed by atoms with van der Waals surface area (Å²) in [6.07, 6.45) is 0. The molecule has 0 unspecified atom stereocenters. The summed E-state index contributed by atoms with van der Waals surface area (Å²) < 4.78 is 0. The van der Waals surface area contributed by atoms with Gasteiger partial charge >= 0.3 is 0 Å². The van der Waals surface area contributed by atoms with Gasteiger partial charge in [0, 0.05) is 10.8 Å². The number of hydrogen-bond donors (Lipinski definition) is 0. The second-order valence-corrected chi connectivity index (χ2v) is 5.77. The predicted molar refractivity (Wildman–Crippen MR) is 77.9 cm³/mol. The summed E-state index contributed by atoms with van der Waals surface area (Å²) in [6.45, 7) is 6.80. The fourth-order valence-corrected chi connectivity index (χ4v) is 2.65. The summed E-state index contributed by atoms with van der Waals surface area (Å²) in [5.41, 5.74) is 3.67. The van der Waals surface area contributed by atoms with Gasteiger partial charge in [0.15, 0.2) is 0 Å². The van der Waals surface area contributed by atoms with Crippen LogP contribution in [0.1, 0.15) is 26.3 Å². The number of pyridine rings is 1. The molecule has 3 rings (SSSR count). The molecule has 90 valence electrons. The molecule has 0 aliphatic rings. The minimum Gasteiger partial charge on any atom is -0.248 e. The lowest BCUT2D eigenvalue weighted by molar-refractivity contribution is 0.601. The van der Waals surface area contributed by atoms with Crippen LogP contribution in [0.2, 0.25) is 0 Å². The van der Waals surface area contributed by atoms with Gasteiger partial charge in [0.2, 0.25) is 0 Å². The lowest BCUT2D eigenvalue weighted by Crippen LogP contribution is -2.13. The van der Waals surface area contributed by atoms with Gasteiger partial charge in [-0.2, -0.15) is 0 Å². The van der Waals surface area contributed by atoms with Gasteiger partial charge in [0.05, 0.1) is 11.0 Å². The molecule has 1 aromatic heterocycles. The van der Waals surface area contributed by atoms with Crippen LogP contribution in [0, 0.1) is 0 Å². The van der Waals surface area contributed by atoms with Crippen molar-refractivity contribution in [1.29, 1.82) is 0 Å². The highest BCUT2D eigenvalue weighted by atomic mass is 14.7. The van der Waals surface area contributed by atoms with Crippen LogP contribution in [0.25, 0.3) is 21.8 Å². The Balaban J connectivity index is 2.58. The van der Waals surface area contributed by atoms with Crippen LogP contribution in [-0.2, 0) is 5.41 Å². The number of hydrogen-bond acceptors (Lipinski definition) is 1. The zero-order valence-corrected chi connectivity index (χ0v) is 11.1. The number of rotatable bonds is 0. The molecule has 1 heteroatoms. The smallest absolute Gasteiger partial charge is 0.0712 e. The van der Waals surface area contributed by atoms with Gasteiger partial charge in [-0.15, -0.1) is 0 Å². The van der Waals surface area contributed by atoms with Crippen molar-refractivity contribution in [3.63, 3.8) is 0 Å². The van der Waals surface area contributed by atoms with E-state index in [0.29, 0.717) is 0 Å². The molecule has 0 fully saturated rings. The van der Waals surface area contributed by atoms with E-state index < -0.39 is 0 Å². The van der Waals surface area contributed by atoms with E-state index >= 15 is 0 Å². The molecule has 1 nitrogen and oxygen atoms in total. The average Bonchev–Trinajstić information content (AvgIpc) is 2.34. The van der Waals surface area contributed by atoms with Crippen molar-refractivity contribution in [2.45, 2.75) is 26.2 Å². The summed E-state index contributed by atoms with van der Waals surface area (Å²) in [4.78, 5) is 4.75. The molecule has 18 heavy (non-hydrogen) atoms. The van der Waals surface area contributed by atoms with Gasteiger partial charge in [-0.3, -0.25) is 0 Å². The van der Waals surface area contributed by atoms with Crippen LogP contribution in [0.4, 0.5) is 0 Å². The van der Waals surface area contributed by atoms with Gasteiger partial charge in [0.1, 0.15) is 0 Å². The Morgan fingerprint density at radius 1 is 0.722 bits per heavy atom. The molecule has 0 aliphatic carbocycles. The minimum absolute atomic E-state index is 0.113. The van der Waals surface area contributed by atoms with Crippen molar-refractivity contribution in [1.82, 2.24) is 4.98 Å². The number of nitrogens with zero attached hydrogens (tertiary/aromatic N) is 1. The molecule has 3 aromatic rings. The Labute approximate surface area is 107 Å². The largest absolute Gasteiger partial charge is 0.248 e. The zero-order valence-electron chi connectivity index (χ0n) is 11.1. The lowest BCUT2D eigenvalue weighted by atomic mass is 9.82. The SMILES string of the molecule is CC(C)(C)c1c2ccccc2nc2ccccc12. The molecule has 2 aromatic carbocycles. The van der Waals surface area contributed by atoms with Gasteiger partial charge in [-0.05, 0) is 23.1 Å². The number of aromatic nitrogens is 1. The Hall–Kier alpha value is -1.89. The number of benzene rings is 2. The molecule has 0 saturated carbocycles. The molecule has 0 atom stereocenters. The Morgan fingerprint density at radius 3 is 1.61 bits per heavy atom. The molecule has 0 saturated heterocycles. The molecule has 0 spiro atoms. The molecule has 1 heterocycles. The van der Waals surface area contributed by atoms with Crippen molar-refractivity contribution in [3.05, 3.63) is 54.1 Å². The van der Waals surface area contributed by atoms with E-state index in [1.165, 1.54) is 16.3 Å². The molecule has 0 N–H and O–H groups in total. The highest BCUT2D eigenvalue weighted by Crippen LogP contribution is 2.34. The van der Waals surface area contributed by atoms with E-state index in [4.69, 9.17) is 4.98 Å². The monoisotopic (exact) mass is 235 g/mol. The quantitative estimate of drug-likeness (QED) is 0.515. The first-order chi connectivity index (χ1) is 8.57. The standard InChI is InChI=1S/C17H17N/c1-17(2,3)16-12-8-4-6-10-14(12)18-15-11-7-5-9-13(15)16/h4-11H,1-3H3. The van der Waals surface area contributed by atoms with E-state index in [1.807, 2.05) is 0 Å². The van der Waals surface area contributed by atoms with Crippen molar-refractivity contribution >= 4 is 21.8 Å². The Morgan fingerprint density at radius 2 is 1.17 bits per heavy atom. The summed E-state index contributed by atoms with van der Waals surface area (Å²) in [5.74, 6) is 0. The maximum absolute atomic E-state index is 4.75. The number of para-hydroxylation sites is 2. The first kappa shape index (κ1) is 11.2. The van der Waals surface area contributed by atoms with Gasteiger partial charge < -0.3 is 0 Å². The molecule has 0 bridgehead atoms. The van der Waals surface area contributed by atoms with Crippen molar-refractivity contribution < 1.29 is 0 Å². The van der Waals surface area contributed by atoms with Crippen molar-refractivity contribution in [3.8, 4) is 0 Å². The number of fused-ring (bicyclic) bond motifs is 2. The fourth-order valence-electron chi connectivity index (χ4n) is 2.65. The summed E-state index contributed by atoms with van der Waals surface area (Å²) in [6, 6.07) is 16.8. The second-order valence-electron chi connectivity index (χ2n) is 5.77. The van der Waals surface area contributed by atoms with E-state index in [1.54, 1.807) is 0 Å². The molecule has 0 radical (unpaired) electrons. The lowest BCUT2D eigenvalue weighted by Gasteiger charge is -2.23. The fraction of sp³-hybridized carbons (Fsp3) is 0.235. The highest BCUT2D eigenvalue weighted by molar-refractivity contribution is 5.98. The van der Waals surface area contributed by atoms with E-state index in [0.717, 1.165) is 11.0 Å². The maximum atomic E-state index is 4.75. The normalized spacial score (nSPS) is 12.2. The molecule has 0 amide bonds. The third-order valence-corrected chi connectivity index (χ3v) is 3.34. The van der Waals surface area contributed by atoms with Crippen LogP contribution < -0.4 is 0 Å². The zero-order chi connectivity index (χ0) is 12.8.